The molecule has 2 N–H and O–H groups in total. The number of guanidine groups is 1. The molecule has 1 aromatic rings. The molecule has 2 aliphatic rings. The summed E-state index contributed by atoms with van der Waals surface area (Å²) in [5, 5.41) is 13.9. The highest BCUT2D eigenvalue weighted by Crippen LogP contribution is 2.29. The van der Waals surface area contributed by atoms with Crippen molar-refractivity contribution in [3.05, 3.63) is 30.3 Å². The van der Waals surface area contributed by atoms with Crippen LogP contribution in [0, 0.1) is 0 Å². The summed E-state index contributed by atoms with van der Waals surface area (Å²) in [6.45, 7) is 7.39. The van der Waals surface area contributed by atoms with Crippen LogP contribution in [0.4, 0.5) is 5.69 Å². The molecule has 25 heavy (non-hydrogen) atoms. The van der Waals surface area contributed by atoms with Crippen molar-refractivity contribution >= 4 is 35.6 Å². The summed E-state index contributed by atoms with van der Waals surface area (Å²) in [7, 11) is 0. The van der Waals surface area contributed by atoms with E-state index >= 15 is 0 Å². The first-order valence-corrected chi connectivity index (χ1v) is 9.26. The van der Waals surface area contributed by atoms with Gasteiger partial charge in [0, 0.05) is 38.4 Å². The van der Waals surface area contributed by atoms with E-state index < -0.39 is 5.60 Å². The van der Waals surface area contributed by atoms with Gasteiger partial charge < -0.3 is 20.2 Å². The average Bonchev–Trinajstić information content (AvgIpc) is 3.06. The molecule has 3 rings (SSSR count). The molecule has 0 unspecified atom stereocenters. The summed E-state index contributed by atoms with van der Waals surface area (Å²) in [5.74, 6) is 0.950. The second-order valence-electron chi connectivity index (χ2n) is 6.91. The maximum absolute atomic E-state index is 10.5. The van der Waals surface area contributed by atoms with E-state index in [9.17, 15) is 5.11 Å². The van der Waals surface area contributed by atoms with E-state index in [1.165, 1.54) is 5.69 Å². The monoisotopic (exact) mass is 458 g/mol. The van der Waals surface area contributed by atoms with Crippen LogP contribution in [-0.4, -0.2) is 60.8 Å². The number of nitrogens with one attached hydrogen (secondary N) is 1. The molecular weight excluding hydrogens is 427 g/mol. The van der Waals surface area contributed by atoms with Crippen LogP contribution in [0.25, 0.3) is 0 Å². The minimum absolute atomic E-state index is 0. The Morgan fingerprint density at radius 2 is 1.76 bits per heavy atom. The van der Waals surface area contributed by atoms with Crippen molar-refractivity contribution in [3.8, 4) is 0 Å². The Morgan fingerprint density at radius 3 is 2.36 bits per heavy atom. The smallest absolute Gasteiger partial charge is 0.194 e. The zero-order chi connectivity index (χ0) is 16.8. The highest BCUT2D eigenvalue weighted by molar-refractivity contribution is 14.0. The van der Waals surface area contributed by atoms with Gasteiger partial charge in [0.15, 0.2) is 5.96 Å². The lowest BCUT2D eigenvalue weighted by Gasteiger charge is -2.38. The molecule has 1 aliphatic heterocycles. The first-order valence-electron chi connectivity index (χ1n) is 9.26. The van der Waals surface area contributed by atoms with Crippen molar-refractivity contribution < 1.29 is 5.11 Å². The topological polar surface area (TPSA) is 51.1 Å². The molecule has 0 bridgehead atoms. The minimum atomic E-state index is -0.577. The lowest BCUT2D eigenvalue weighted by Crippen LogP contribution is -2.53. The number of rotatable bonds is 4. The molecule has 5 nitrogen and oxygen atoms in total. The molecule has 140 valence electrons. The molecule has 1 heterocycles. The Hall–Kier alpha value is -1.02. The molecule has 1 saturated heterocycles. The Morgan fingerprint density at radius 1 is 1.12 bits per heavy atom. The van der Waals surface area contributed by atoms with Gasteiger partial charge in [0.25, 0.3) is 0 Å². The molecule has 2 fully saturated rings. The molecular formula is C19H31IN4O. The van der Waals surface area contributed by atoms with E-state index in [2.05, 4.69) is 52.4 Å². The summed E-state index contributed by atoms with van der Waals surface area (Å²) in [5.41, 5.74) is 0.714. The van der Waals surface area contributed by atoms with Crippen LogP contribution in [0.15, 0.2) is 35.3 Å². The summed E-state index contributed by atoms with van der Waals surface area (Å²) in [6, 6.07) is 10.6. The largest absolute Gasteiger partial charge is 0.388 e. The number of para-hydroxylation sites is 1. The predicted octanol–water partition coefficient (Wildman–Crippen LogP) is 2.70. The highest BCUT2D eigenvalue weighted by Gasteiger charge is 2.31. The minimum Gasteiger partial charge on any atom is -0.388 e. The fraction of sp³-hybridized carbons (Fsp3) is 0.632. The Bertz CT molecular complexity index is 538. The highest BCUT2D eigenvalue weighted by atomic mass is 127. The number of piperazine rings is 1. The van der Waals surface area contributed by atoms with E-state index in [4.69, 9.17) is 4.99 Å². The van der Waals surface area contributed by atoms with E-state index in [1.807, 2.05) is 0 Å². The third kappa shape index (κ3) is 5.48. The summed E-state index contributed by atoms with van der Waals surface area (Å²) in [4.78, 5) is 9.49. The molecule has 1 aromatic carbocycles. The molecule has 0 aromatic heterocycles. The number of aliphatic imine (C=N–C) groups is 1. The molecule has 6 heteroatoms. The van der Waals surface area contributed by atoms with Gasteiger partial charge in [-0.15, -0.1) is 24.0 Å². The Labute approximate surface area is 168 Å². The average molecular weight is 458 g/mol. The van der Waals surface area contributed by atoms with Gasteiger partial charge in [-0.25, -0.2) is 0 Å². The molecule has 1 aliphatic carbocycles. The second-order valence-corrected chi connectivity index (χ2v) is 6.91. The number of benzene rings is 1. The Kier molecular flexibility index (Phi) is 7.81. The Balaban J connectivity index is 0.00000225. The van der Waals surface area contributed by atoms with Gasteiger partial charge in [0.2, 0.25) is 0 Å². The number of anilines is 1. The van der Waals surface area contributed by atoms with Crippen molar-refractivity contribution in [2.45, 2.75) is 38.2 Å². The fourth-order valence-corrected chi connectivity index (χ4v) is 3.65. The van der Waals surface area contributed by atoms with Gasteiger partial charge in [0.05, 0.1) is 12.1 Å². The van der Waals surface area contributed by atoms with Crippen LogP contribution in [-0.2, 0) is 0 Å². The van der Waals surface area contributed by atoms with Crippen molar-refractivity contribution in [1.82, 2.24) is 10.2 Å². The lowest BCUT2D eigenvalue weighted by atomic mass is 10.0. The third-order valence-electron chi connectivity index (χ3n) is 5.09. The fourth-order valence-electron chi connectivity index (χ4n) is 3.65. The van der Waals surface area contributed by atoms with Gasteiger partial charge in [0.1, 0.15) is 0 Å². The zero-order valence-electron chi connectivity index (χ0n) is 15.2. The summed E-state index contributed by atoms with van der Waals surface area (Å²) >= 11 is 0. The van der Waals surface area contributed by atoms with Crippen LogP contribution >= 0.6 is 24.0 Å². The van der Waals surface area contributed by atoms with Crippen molar-refractivity contribution in [2.24, 2.45) is 4.99 Å². The summed E-state index contributed by atoms with van der Waals surface area (Å²) in [6.07, 6.45) is 4.02. The summed E-state index contributed by atoms with van der Waals surface area (Å²) < 4.78 is 0. The van der Waals surface area contributed by atoms with Gasteiger partial charge >= 0.3 is 0 Å². The number of aliphatic hydroxyl groups is 1. The van der Waals surface area contributed by atoms with Gasteiger partial charge in [-0.1, -0.05) is 31.0 Å². The number of nitrogens with zero attached hydrogens (tertiary/aromatic N) is 3. The molecule has 0 amide bonds. The molecule has 0 radical (unpaired) electrons. The van der Waals surface area contributed by atoms with E-state index in [1.54, 1.807) is 0 Å². The number of hydrogen-bond acceptors (Lipinski definition) is 3. The molecule has 0 atom stereocenters. The van der Waals surface area contributed by atoms with Crippen LogP contribution < -0.4 is 10.2 Å². The van der Waals surface area contributed by atoms with Crippen molar-refractivity contribution in [1.29, 1.82) is 0 Å². The lowest BCUT2D eigenvalue weighted by molar-refractivity contribution is 0.0571. The zero-order valence-corrected chi connectivity index (χ0v) is 17.5. The SMILES string of the molecule is CCNC(=NCC1(O)CCCC1)N1CCN(c2ccccc2)CC1.I. The first kappa shape index (κ1) is 20.3. The van der Waals surface area contributed by atoms with E-state index in [0.29, 0.717) is 6.54 Å². The van der Waals surface area contributed by atoms with Crippen LogP contribution in [0.3, 0.4) is 0 Å². The van der Waals surface area contributed by atoms with Crippen LogP contribution in [0.1, 0.15) is 32.6 Å². The van der Waals surface area contributed by atoms with Gasteiger partial charge in [-0.3, -0.25) is 4.99 Å². The molecule has 0 spiro atoms. The second kappa shape index (κ2) is 9.62. The van der Waals surface area contributed by atoms with Crippen molar-refractivity contribution in [3.63, 3.8) is 0 Å². The first-order chi connectivity index (χ1) is 11.7. The van der Waals surface area contributed by atoms with E-state index in [-0.39, 0.29) is 24.0 Å². The predicted molar refractivity (Wildman–Crippen MR) is 115 cm³/mol. The third-order valence-corrected chi connectivity index (χ3v) is 5.09. The maximum atomic E-state index is 10.5. The van der Waals surface area contributed by atoms with Gasteiger partial charge in [-0.2, -0.15) is 0 Å². The number of hydrogen-bond donors (Lipinski definition) is 2. The van der Waals surface area contributed by atoms with Crippen LogP contribution in [0.5, 0.6) is 0 Å². The van der Waals surface area contributed by atoms with E-state index in [0.717, 1.165) is 64.4 Å². The standard InChI is InChI=1S/C19H30N4O.HI/c1-2-20-18(21-16-19(24)10-6-7-11-19)23-14-12-22(13-15-23)17-8-4-3-5-9-17;/h3-5,8-9,24H,2,6-7,10-16H2,1H3,(H,20,21);1H. The van der Waals surface area contributed by atoms with Crippen molar-refractivity contribution in [2.75, 3.05) is 44.2 Å². The molecule has 1 saturated carbocycles. The van der Waals surface area contributed by atoms with Gasteiger partial charge in [-0.05, 0) is 31.9 Å². The normalized spacial score (nSPS) is 20.3. The van der Waals surface area contributed by atoms with Crippen LogP contribution in [0.2, 0.25) is 0 Å². The maximum Gasteiger partial charge on any atom is 0.194 e. The number of halogens is 1. The quantitative estimate of drug-likeness (QED) is 0.414.